The predicted octanol–water partition coefficient (Wildman–Crippen LogP) is 0.0898. The number of hydrogen-bond donors (Lipinski definition) is 1. The van der Waals surface area contributed by atoms with Crippen molar-refractivity contribution in [3.8, 4) is 0 Å². The molecule has 0 aliphatic heterocycles. The molecule has 0 saturated carbocycles. The summed E-state index contributed by atoms with van der Waals surface area (Å²) in [4.78, 5) is 5.11. The molecule has 0 amide bonds. The standard InChI is InChI=1S/C6H17NOSi/c1-6(2)8-7-4-3-5-9/h6-7H,3-5H2,1-2,9H3. The number of hydrogen-bond acceptors (Lipinski definition) is 2. The van der Waals surface area contributed by atoms with Crippen molar-refractivity contribution in [1.29, 1.82) is 0 Å². The lowest BCUT2D eigenvalue weighted by atomic mass is 10.5. The van der Waals surface area contributed by atoms with Crippen LogP contribution in [0.25, 0.3) is 0 Å². The van der Waals surface area contributed by atoms with Crippen molar-refractivity contribution in [3.05, 3.63) is 0 Å². The van der Waals surface area contributed by atoms with Gasteiger partial charge in [-0.3, -0.25) is 4.84 Å². The van der Waals surface area contributed by atoms with Crippen LogP contribution in [0.5, 0.6) is 0 Å². The number of hydroxylamine groups is 1. The van der Waals surface area contributed by atoms with Gasteiger partial charge >= 0.3 is 0 Å². The average Bonchev–Trinajstić information content (AvgIpc) is 1.80. The fraction of sp³-hybridized carbons (Fsp3) is 1.00. The van der Waals surface area contributed by atoms with Crippen molar-refractivity contribution in [1.82, 2.24) is 5.48 Å². The zero-order chi connectivity index (χ0) is 7.11. The van der Waals surface area contributed by atoms with Gasteiger partial charge < -0.3 is 0 Å². The van der Waals surface area contributed by atoms with Gasteiger partial charge in [0.15, 0.2) is 0 Å². The third-order valence-electron chi connectivity index (χ3n) is 0.951. The molecule has 3 heteroatoms. The van der Waals surface area contributed by atoms with E-state index in [9.17, 15) is 0 Å². The molecule has 2 nitrogen and oxygen atoms in total. The molecule has 0 unspecified atom stereocenters. The van der Waals surface area contributed by atoms with E-state index in [1.165, 1.54) is 22.7 Å². The van der Waals surface area contributed by atoms with Gasteiger partial charge in [-0.1, -0.05) is 6.04 Å². The summed E-state index contributed by atoms with van der Waals surface area (Å²) in [5.74, 6) is 0. The Morgan fingerprint density at radius 1 is 1.56 bits per heavy atom. The van der Waals surface area contributed by atoms with Crippen LogP contribution in [0, 0.1) is 0 Å². The van der Waals surface area contributed by atoms with E-state index in [1.54, 1.807) is 0 Å². The second kappa shape index (κ2) is 6.26. The molecule has 56 valence electrons. The van der Waals surface area contributed by atoms with Gasteiger partial charge in [-0.15, -0.1) is 0 Å². The predicted molar refractivity (Wildman–Crippen MR) is 43.6 cm³/mol. The first-order chi connectivity index (χ1) is 4.27. The van der Waals surface area contributed by atoms with Crippen LogP contribution in [0.4, 0.5) is 0 Å². The Balaban J connectivity index is 2.75. The third kappa shape index (κ3) is 8.14. The number of nitrogens with one attached hydrogen (secondary N) is 1. The molecule has 0 radical (unpaired) electrons. The summed E-state index contributed by atoms with van der Waals surface area (Å²) in [6.45, 7) is 5.04. The summed E-state index contributed by atoms with van der Waals surface area (Å²) in [7, 11) is 1.31. The van der Waals surface area contributed by atoms with E-state index in [1.807, 2.05) is 13.8 Å². The lowest BCUT2D eigenvalue weighted by Gasteiger charge is -2.06. The van der Waals surface area contributed by atoms with E-state index in [0.717, 1.165) is 6.54 Å². The van der Waals surface area contributed by atoms with Gasteiger partial charge in [0.1, 0.15) is 0 Å². The molecule has 0 saturated heterocycles. The molecule has 0 aliphatic carbocycles. The highest BCUT2D eigenvalue weighted by Crippen LogP contribution is 1.84. The molecule has 0 fully saturated rings. The van der Waals surface area contributed by atoms with Gasteiger partial charge in [0.2, 0.25) is 0 Å². The molecule has 0 rings (SSSR count). The van der Waals surface area contributed by atoms with Crippen molar-refractivity contribution in [2.45, 2.75) is 32.4 Å². The highest BCUT2D eigenvalue weighted by molar-refractivity contribution is 6.08. The normalized spacial score (nSPS) is 11.0. The molecule has 9 heavy (non-hydrogen) atoms. The van der Waals surface area contributed by atoms with Crippen LogP contribution in [0.3, 0.4) is 0 Å². The molecule has 0 bridgehead atoms. The lowest BCUT2D eigenvalue weighted by molar-refractivity contribution is -0.00445. The van der Waals surface area contributed by atoms with Crippen LogP contribution in [0.15, 0.2) is 0 Å². The molecule has 1 N–H and O–H groups in total. The Morgan fingerprint density at radius 3 is 2.67 bits per heavy atom. The molecule has 0 aliphatic rings. The topological polar surface area (TPSA) is 21.3 Å². The van der Waals surface area contributed by atoms with Crippen LogP contribution >= 0.6 is 0 Å². The monoisotopic (exact) mass is 147 g/mol. The highest BCUT2D eigenvalue weighted by Gasteiger charge is 1.89. The first-order valence-electron chi connectivity index (χ1n) is 3.66. The van der Waals surface area contributed by atoms with E-state index >= 15 is 0 Å². The first kappa shape index (κ1) is 9.14. The minimum Gasteiger partial charge on any atom is -0.299 e. The summed E-state index contributed by atoms with van der Waals surface area (Å²) in [5.41, 5.74) is 2.91. The maximum Gasteiger partial charge on any atom is 0.0734 e. The van der Waals surface area contributed by atoms with Crippen LogP contribution in [-0.2, 0) is 4.84 Å². The van der Waals surface area contributed by atoms with Gasteiger partial charge in [-0.2, -0.15) is 0 Å². The van der Waals surface area contributed by atoms with Crippen LogP contribution < -0.4 is 5.48 Å². The Bertz CT molecular complexity index is 59.0. The SMILES string of the molecule is CC(C)ONCCC[SiH3]. The third-order valence-corrected chi connectivity index (χ3v) is 1.66. The van der Waals surface area contributed by atoms with Gasteiger partial charge in [0, 0.05) is 16.8 Å². The number of rotatable bonds is 5. The Morgan fingerprint density at radius 2 is 2.22 bits per heavy atom. The minimum atomic E-state index is 0.305. The zero-order valence-electron chi connectivity index (χ0n) is 6.61. The van der Waals surface area contributed by atoms with E-state index in [0.29, 0.717) is 6.10 Å². The summed E-state index contributed by atoms with van der Waals surface area (Å²) in [6.07, 6.45) is 1.55. The molecule has 0 spiro atoms. The second-order valence-corrected chi connectivity index (χ2v) is 3.41. The summed E-state index contributed by atoms with van der Waals surface area (Å²) < 4.78 is 0. The Labute approximate surface area is 60.4 Å². The molecular formula is C6H17NOSi. The van der Waals surface area contributed by atoms with Crippen molar-refractivity contribution in [3.63, 3.8) is 0 Å². The summed E-state index contributed by atoms with van der Waals surface area (Å²) in [5, 5.41) is 0. The highest BCUT2D eigenvalue weighted by atomic mass is 28.1. The Kier molecular flexibility index (Phi) is 6.35. The maximum absolute atomic E-state index is 5.11. The molecule has 0 heterocycles. The van der Waals surface area contributed by atoms with Crippen molar-refractivity contribution in [2.24, 2.45) is 0 Å². The first-order valence-corrected chi connectivity index (χ1v) is 5.07. The van der Waals surface area contributed by atoms with E-state index in [-0.39, 0.29) is 0 Å². The summed E-state index contributed by atoms with van der Waals surface area (Å²) >= 11 is 0. The molecule has 0 aromatic rings. The van der Waals surface area contributed by atoms with Crippen molar-refractivity contribution < 1.29 is 4.84 Å². The van der Waals surface area contributed by atoms with Crippen LogP contribution in [0.1, 0.15) is 20.3 Å². The smallest absolute Gasteiger partial charge is 0.0734 e. The lowest BCUT2D eigenvalue weighted by Crippen LogP contribution is -2.20. The molecular weight excluding hydrogens is 130 g/mol. The zero-order valence-corrected chi connectivity index (χ0v) is 8.61. The van der Waals surface area contributed by atoms with Gasteiger partial charge in [0.05, 0.1) is 6.10 Å². The molecule has 0 aromatic carbocycles. The minimum absolute atomic E-state index is 0.305. The van der Waals surface area contributed by atoms with Crippen LogP contribution in [0.2, 0.25) is 6.04 Å². The largest absolute Gasteiger partial charge is 0.299 e. The Hall–Kier alpha value is 0.137. The molecule has 0 aromatic heterocycles. The van der Waals surface area contributed by atoms with Crippen molar-refractivity contribution in [2.75, 3.05) is 6.54 Å². The average molecular weight is 147 g/mol. The van der Waals surface area contributed by atoms with E-state index in [2.05, 4.69) is 5.48 Å². The van der Waals surface area contributed by atoms with E-state index in [4.69, 9.17) is 4.84 Å². The fourth-order valence-corrected chi connectivity index (χ4v) is 0.828. The summed E-state index contributed by atoms with van der Waals surface area (Å²) in [6, 6.07) is 1.36. The maximum atomic E-state index is 5.11. The van der Waals surface area contributed by atoms with Crippen LogP contribution in [-0.4, -0.2) is 22.9 Å². The van der Waals surface area contributed by atoms with E-state index < -0.39 is 0 Å². The second-order valence-electron chi connectivity index (χ2n) is 2.41. The van der Waals surface area contributed by atoms with Crippen molar-refractivity contribution >= 4 is 10.2 Å². The molecule has 0 atom stereocenters. The van der Waals surface area contributed by atoms with Gasteiger partial charge in [-0.25, -0.2) is 5.48 Å². The quantitative estimate of drug-likeness (QED) is 0.338. The van der Waals surface area contributed by atoms with Gasteiger partial charge in [-0.05, 0) is 20.3 Å². The van der Waals surface area contributed by atoms with Gasteiger partial charge in [0.25, 0.3) is 0 Å². The fourth-order valence-electron chi connectivity index (χ4n) is 0.475.